The second-order valence-corrected chi connectivity index (χ2v) is 5.22. The molecule has 1 fully saturated rings. The molecule has 1 amide bonds. The monoisotopic (exact) mass is 251 g/mol. The fourth-order valence-electron chi connectivity index (χ4n) is 2.85. The third-order valence-electron chi connectivity index (χ3n) is 3.87. The van der Waals surface area contributed by atoms with E-state index in [2.05, 4.69) is 6.08 Å². The molecule has 0 aromatic heterocycles. The van der Waals surface area contributed by atoms with Crippen LogP contribution in [0.25, 0.3) is 0 Å². The maximum atomic E-state index is 12.2. The molecule has 1 N–H and O–H groups in total. The van der Waals surface area contributed by atoms with Crippen LogP contribution in [0.4, 0.5) is 0 Å². The third-order valence-corrected chi connectivity index (χ3v) is 3.87. The zero-order valence-corrected chi connectivity index (χ0v) is 10.7. The van der Waals surface area contributed by atoms with Gasteiger partial charge < -0.3 is 10.0 Å². The summed E-state index contributed by atoms with van der Waals surface area (Å²) in [5.74, 6) is -0.865. The number of piperidine rings is 1. The molecule has 0 spiro atoms. The Bertz CT molecular complexity index is 362. The highest BCUT2D eigenvalue weighted by atomic mass is 16.4. The minimum Gasteiger partial charge on any atom is -0.480 e. The van der Waals surface area contributed by atoms with E-state index in [1.807, 2.05) is 0 Å². The fraction of sp³-hybridized carbons (Fsp3) is 0.714. The van der Waals surface area contributed by atoms with Crippen LogP contribution in [0.5, 0.6) is 0 Å². The molecule has 1 saturated heterocycles. The summed E-state index contributed by atoms with van der Waals surface area (Å²) >= 11 is 0. The first kappa shape index (κ1) is 13.1. The van der Waals surface area contributed by atoms with Crippen LogP contribution in [0, 0.1) is 0 Å². The lowest BCUT2D eigenvalue weighted by molar-refractivity contribution is -0.151. The molecule has 0 saturated carbocycles. The van der Waals surface area contributed by atoms with Gasteiger partial charge in [-0.25, -0.2) is 4.79 Å². The molecule has 0 radical (unpaired) electrons. The molecule has 0 bridgehead atoms. The highest BCUT2D eigenvalue weighted by Gasteiger charge is 2.31. The standard InChI is InChI=1S/C14H21NO3/c16-13(10-11-6-2-1-3-7-11)15-9-5-4-8-12(15)14(17)18/h6,12H,1-5,7-10H2,(H,17,18). The molecule has 100 valence electrons. The number of allylic oxidation sites excluding steroid dienone is 1. The molecule has 18 heavy (non-hydrogen) atoms. The molecule has 2 aliphatic rings. The largest absolute Gasteiger partial charge is 0.480 e. The summed E-state index contributed by atoms with van der Waals surface area (Å²) in [5, 5.41) is 9.15. The van der Waals surface area contributed by atoms with Crippen LogP contribution in [-0.4, -0.2) is 34.5 Å². The average molecular weight is 251 g/mol. The first-order valence-electron chi connectivity index (χ1n) is 6.88. The summed E-state index contributed by atoms with van der Waals surface area (Å²) in [7, 11) is 0. The van der Waals surface area contributed by atoms with E-state index in [4.69, 9.17) is 5.11 Å². The predicted octanol–water partition coefficient (Wildman–Crippen LogP) is 2.34. The Hall–Kier alpha value is -1.32. The molecule has 1 atom stereocenters. The topological polar surface area (TPSA) is 57.6 Å². The SMILES string of the molecule is O=C(O)C1CCCCN1C(=O)CC1=CCCCC1. The maximum absolute atomic E-state index is 12.2. The number of hydrogen-bond acceptors (Lipinski definition) is 2. The van der Waals surface area contributed by atoms with Gasteiger partial charge in [-0.3, -0.25) is 4.79 Å². The molecular formula is C14H21NO3. The van der Waals surface area contributed by atoms with Gasteiger partial charge in [0, 0.05) is 13.0 Å². The van der Waals surface area contributed by atoms with E-state index >= 15 is 0 Å². The van der Waals surface area contributed by atoms with Gasteiger partial charge in [0.05, 0.1) is 0 Å². The second-order valence-electron chi connectivity index (χ2n) is 5.22. The zero-order chi connectivity index (χ0) is 13.0. The highest BCUT2D eigenvalue weighted by Crippen LogP contribution is 2.24. The van der Waals surface area contributed by atoms with E-state index in [1.54, 1.807) is 4.90 Å². The zero-order valence-electron chi connectivity index (χ0n) is 10.7. The molecular weight excluding hydrogens is 230 g/mol. The van der Waals surface area contributed by atoms with Crippen LogP contribution in [0.1, 0.15) is 51.4 Å². The molecule has 4 nitrogen and oxygen atoms in total. The van der Waals surface area contributed by atoms with Gasteiger partial charge in [0.2, 0.25) is 5.91 Å². The van der Waals surface area contributed by atoms with Gasteiger partial charge in [-0.1, -0.05) is 11.6 Å². The highest BCUT2D eigenvalue weighted by molar-refractivity contribution is 5.85. The van der Waals surface area contributed by atoms with E-state index in [1.165, 1.54) is 12.0 Å². The van der Waals surface area contributed by atoms with Crippen LogP contribution in [-0.2, 0) is 9.59 Å². The van der Waals surface area contributed by atoms with Crippen molar-refractivity contribution in [2.45, 2.75) is 57.4 Å². The smallest absolute Gasteiger partial charge is 0.326 e. The number of hydrogen-bond donors (Lipinski definition) is 1. The number of nitrogens with zero attached hydrogens (tertiary/aromatic N) is 1. The van der Waals surface area contributed by atoms with Gasteiger partial charge in [0.1, 0.15) is 6.04 Å². The number of carboxylic acids is 1. The number of carbonyl (C=O) groups is 2. The average Bonchev–Trinajstić information content (AvgIpc) is 2.40. The summed E-state index contributed by atoms with van der Waals surface area (Å²) in [6, 6.07) is -0.601. The Morgan fingerprint density at radius 1 is 1.28 bits per heavy atom. The van der Waals surface area contributed by atoms with Crippen molar-refractivity contribution in [3.63, 3.8) is 0 Å². The van der Waals surface area contributed by atoms with Crippen molar-refractivity contribution in [3.05, 3.63) is 11.6 Å². The summed E-state index contributed by atoms with van der Waals surface area (Å²) in [5.41, 5.74) is 1.20. The summed E-state index contributed by atoms with van der Waals surface area (Å²) in [6.45, 7) is 0.600. The van der Waals surface area contributed by atoms with Gasteiger partial charge in [-0.05, 0) is 44.9 Å². The first-order valence-corrected chi connectivity index (χ1v) is 6.88. The van der Waals surface area contributed by atoms with E-state index in [9.17, 15) is 9.59 Å². The number of aliphatic carboxylic acids is 1. The van der Waals surface area contributed by atoms with Gasteiger partial charge >= 0.3 is 5.97 Å². The maximum Gasteiger partial charge on any atom is 0.326 e. The van der Waals surface area contributed by atoms with Crippen molar-refractivity contribution in [1.29, 1.82) is 0 Å². The van der Waals surface area contributed by atoms with Crippen molar-refractivity contribution in [2.75, 3.05) is 6.54 Å². The van der Waals surface area contributed by atoms with Gasteiger partial charge in [-0.2, -0.15) is 0 Å². The third kappa shape index (κ3) is 3.12. The van der Waals surface area contributed by atoms with Crippen molar-refractivity contribution < 1.29 is 14.7 Å². The van der Waals surface area contributed by atoms with Crippen LogP contribution in [0.15, 0.2) is 11.6 Å². The number of likely N-dealkylation sites (tertiary alicyclic amines) is 1. The Kier molecular flexibility index (Phi) is 4.39. The van der Waals surface area contributed by atoms with Gasteiger partial charge in [0.25, 0.3) is 0 Å². The molecule has 4 heteroatoms. The quantitative estimate of drug-likeness (QED) is 0.783. The van der Waals surface area contributed by atoms with Crippen molar-refractivity contribution in [2.24, 2.45) is 0 Å². The normalized spacial score (nSPS) is 24.6. The van der Waals surface area contributed by atoms with E-state index in [0.29, 0.717) is 19.4 Å². The fourth-order valence-corrected chi connectivity index (χ4v) is 2.85. The van der Waals surface area contributed by atoms with Crippen LogP contribution in [0.3, 0.4) is 0 Å². The van der Waals surface area contributed by atoms with Gasteiger partial charge in [-0.15, -0.1) is 0 Å². The Labute approximate surface area is 108 Å². The molecule has 1 heterocycles. The molecule has 2 rings (SSSR count). The lowest BCUT2D eigenvalue weighted by atomic mass is 9.95. The summed E-state index contributed by atoms with van der Waals surface area (Å²) in [4.78, 5) is 24.9. The number of carboxylic acid groups (broad SMARTS) is 1. The Morgan fingerprint density at radius 2 is 2.11 bits per heavy atom. The van der Waals surface area contributed by atoms with E-state index in [-0.39, 0.29) is 5.91 Å². The minimum absolute atomic E-state index is 0.00440. The van der Waals surface area contributed by atoms with Crippen LogP contribution in [0.2, 0.25) is 0 Å². The van der Waals surface area contributed by atoms with Crippen LogP contribution < -0.4 is 0 Å². The van der Waals surface area contributed by atoms with E-state index < -0.39 is 12.0 Å². The van der Waals surface area contributed by atoms with Crippen LogP contribution >= 0.6 is 0 Å². The van der Waals surface area contributed by atoms with Crippen molar-refractivity contribution in [3.8, 4) is 0 Å². The summed E-state index contributed by atoms with van der Waals surface area (Å²) < 4.78 is 0. The number of rotatable bonds is 3. The summed E-state index contributed by atoms with van der Waals surface area (Å²) in [6.07, 6.45) is 9.42. The van der Waals surface area contributed by atoms with Crippen molar-refractivity contribution in [1.82, 2.24) is 4.90 Å². The van der Waals surface area contributed by atoms with E-state index in [0.717, 1.165) is 32.1 Å². The first-order chi connectivity index (χ1) is 8.68. The molecule has 1 unspecified atom stereocenters. The minimum atomic E-state index is -0.860. The second kappa shape index (κ2) is 6.03. The number of amides is 1. The molecule has 1 aliphatic heterocycles. The molecule has 0 aromatic rings. The molecule has 0 aromatic carbocycles. The Balaban J connectivity index is 1.97. The Morgan fingerprint density at radius 3 is 2.78 bits per heavy atom. The number of carbonyl (C=O) groups excluding carboxylic acids is 1. The predicted molar refractivity (Wildman–Crippen MR) is 68.2 cm³/mol. The molecule has 1 aliphatic carbocycles. The van der Waals surface area contributed by atoms with Crippen molar-refractivity contribution >= 4 is 11.9 Å². The van der Waals surface area contributed by atoms with Gasteiger partial charge in [0.15, 0.2) is 0 Å². The lowest BCUT2D eigenvalue weighted by Gasteiger charge is -2.33. The lowest BCUT2D eigenvalue weighted by Crippen LogP contribution is -2.48.